The van der Waals surface area contributed by atoms with Gasteiger partial charge < -0.3 is 28.6 Å². The number of carboxylic acid groups (broad SMARTS) is 1. The zero-order valence-corrected chi connectivity index (χ0v) is 39.2. The van der Waals surface area contributed by atoms with Gasteiger partial charge in [0.15, 0.2) is 6.10 Å². The third kappa shape index (κ3) is 40.7. The lowest BCUT2D eigenvalue weighted by atomic mass is 10.1. The van der Waals surface area contributed by atoms with E-state index in [2.05, 4.69) is 50.3 Å². The average Bonchev–Trinajstić information content (AvgIpc) is 3.19. The quantitative estimate of drug-likeness (QED) is 0.0198. The van der Waals surface area contributed by atoms with Gasteiger partial charge in [-0.05, 0) is 64.2 Å². The van der Waals surface area contributed by atoms with Crippen molar-refractivity contribution in [3.05, 3.63) is 36.5 Å². The predicted molar refractivity (Wildman–Crippen MR) is 245 cm³/mol. The number of hydrogen-bond acceptors (Lipinski definition) is 7. The lowest BCUT2D eigenvalue weighted by Crippen LogP contribution is -2.55. The topological polar surface area (TPSA) is 102 Å². The molecule has 0 spiro atoms. The van der Waals surface area contributed by atoms with Crippen molar-refractivity contribution < 1.29 is 38.2 Å². The lowest BCUT2D eigenvalue weighted by Gasteiger charge is -2.34. The van der Waals surface area contributed by atoms with Gasteiger partial charge in [0.05, 0.1) is 40.3 Å². The van der Waals surface area contributed by atoms with Crippen LogP contribution in [0.5, 0.6) is 0 Å². The van der Waals surface area contributed by atoms with Crippen molar-refractivity contribution in [2.45, 2.75) is 231 Å². The van der Waals surface area contributed by atoms with Crippen molar-refractivity contribution in [1.29, 1.82) is 0 Å². The number of unbranched alkanes of at least 4 members (excludes halogenated alkanes) is 25. The summed E-state index contributed by atoms with van der Waals surface area (Å²) in [6, 6.07) is -0.728. The van der Waals surface area contributed by atoms with E-state index in [9.17, 15) is 19.5 Å². The minimum atomic E-state index is -1.13. The molecule has 0 radical (unpaired) electrons. The Hall–Kier alpha value is -2.45. The Morgan fingerprint density at radius 3 is 1.32 bits per heavy atom. The molecule has 2 atom stereocenters. The zero-order valence-electron chi connectivity index (χ0n) is 39.2. The molecule has 8 heteroatoms. The number of hydrogen-bond donors (Lipinski definition) is 0. The number of aliphatic carboxylic acids is 1. The van der Waals surface area contributed by atoms with Crippen LogP contribution in [-0.4, -0.2) is 75.5 Å². The number of allylic oxidation sites excluding steroid dienone is 6. The molecule has 344 valence electrons. The Morgan fingerprint density at radius 2 is 0.898 bits per heavy atom. The summed E-state index contributed by atoms with van der Waals surface area (Å²) >= 11 is 0. The van der Waals surface area contributed by atoms with Crippen LogP contribution >= 0.6 is 0 Å². The van der Waals surface area contributed by atoms with Gasteiger partial charge in [-0.1, -0.05) is 172 Å². The summed E-state index contributed by atoms with van der Waals surface area (Å²) in [7, 11) is 5.41. The third-order valence-corrected chi connectivity index (χ3v) is 11.0. The third-order valence-electron chi connectivity index (χ3n) is 11.0. The number of esters is 2. The molecule has 0 aliphatic rings. The molecule has 0 saturated carbocycles. The van der Waals surface area contributed by atoms with E-state index >= 15 is 0 Å². The molecule has 0 N–H and O–H groups in total. The average molecular weight is 832 g/mol. The largest absolute Gasteiger partial charge is 0.544 e. The molecule has 0 aliphatic heterocycles. The van der Waals surface area contributed by atoms with Crippen molar-refractivity contribution >= 4 is 17.9 Å². The minimum absolute atomic E-state index is 0.0353. The van der Waals surface area contributed by atoms with Crippen LogP contribution in [0.3, 0.4) is 0 Å². The van der Waals surface area contributed by atoms with Gasteiger partial charge >= 0.3 is 11.9 Å². The van der Waals surface area contributed by atoms with Gasteiger partial charge in [-0.3, -0.25) is 9.59 Å². The summed E-state index contributed by atoms with van der Waals surface area (Å²) in [4.78, 5) is 37.0. The van der Waals surface area contributed by atoms with Crippen molar-refractivity contribution in [3.8, 4) is 0 Å². The van der Waals surface area contributed by atoms with Crippen LogP contribution in [0.25, 0.3) is 0 Å². The summed E-state index contributed by atoms with van der Waals surface area (Å²) in [5, 5.41) is 11.6. The second-order valence-corrected chi connectivity index (χ2v) is 17.7. The molecule has 0 amide bonds. The maximum atomic E-state index is 12.8. The van der Waals surface area contributed by atoms with Gasteiger partial charge in [0, 0.05) is 19.3 Å². The Kier molecular flexibility index (Phi) is 40.5. The summed E-state index contributed by atoms with van der Waals surface area (Å²) in [6.45, 7) is 4.65. The van der Waals surface area contributed by atoms with Crippen LogP contribution < -0.4 is 5.11 Å². The van der Waals surface area contributed by atoms with Gasteiger partial charge in [-0.2, -0.15) is 0 Å². The molecule has 0 heterocycles. The van der Waals surface area contributed by atoms with Gasteiger partial charge in [-0.15, -0.1) is 0 Å². The van der Waals surface area contributed by atoms with Crippen molar-refractivity contribution in [2.24, 2.45) is 0 Å². The normalized spacial score (nSPS) is 13.2. The molecular formula is C51H93NO7. The molecule has 2 unspecified atom stereocenters. The van der Waals surface area contributed by atoms with Crippen LogP contribution in [0.15, 0.2) is 36.5 Å². The van der Waals surface area contributed by atoms with Crippen LogP contribution in [0.1, 0.15) is 219 Å². The van der Waals surface area contributed by atoms with E-state index < -0.39 is 18.1 Å². The number of carboxylic acids is 1. The van der Waals surface area contributed by atoms with Crippen molar-refractivity contribution in [2.75, 3.05) is 41.0 Å². The first-order valence-corrected chi connectivity index (χ1v) is 24.5. The fraction of sp³-hybridized carbons (Fsp3) is 0.824. The van der Waals surface area contributed by atoms with Crippen molar-refractivity contribution in [3.63, 3.8) is 0 Å². The molecule has 0 rings (SSSR count). The Balaban J connectivity index is 4.31. The van der Waals surface area contributed by atoms with Crippen LogP contribution in [0, 0.1) is 0 Å². The number of carbonyl (C=O) groups excluding carboxylic acids is 3. The number of quaternary nitrogens is 1. The second kappa shape index (κ2) is 42.2. The number of nitrogens with zero attached hydrogens (tertiary/aromatic N) is 1. The molecule has 0 saturated heterocycles. The summed E-state index contributed by atoms with van der Waals surface area (Å²) in [6.07, 6.45) is 48.8. The Labute approximate surface area is 364 Å². The van der Waals surface area contributed by atoms with Gasteiger partial charge in [0.25, 0.3) is 0 Å². The molecular weight excluding hydrogens is 739 g/mol. The molecule has 0 aromatic rings. The first-order valence-electron chi connectivity index (χ1n) is 24.5. The van der Waals surface area contributed by atoms with E-state index in [0.717, 1.165) is 57.8 Å². The van der Waals surface area contributed by atoms with E-state index in [4.69, 9.17) is 14.2 Å². The highest BCUT2D eigenvalue weighted by Crippen LogP contribution is 2.14. The van der Waals surface area contributed by atoms with Crippen molar-refractivity contribution in [1.82, 2.24) is 0 Å². The minimum Gasteiger partial charge on any atom is -0.544 e. The van der Waals surface area contributed by atoms with E-state index in [-0.39, 0.29) is 42.7 Å². The first-order chi connectivity index (χ1) is 28.6. The second-order valence-electron chi connectivity index (χ2n) is 17.7. The first kappa shape index (κ1) is 56.5. The Bertz CT molecular complexity index is 1060. The highest BCUT2D eigenvalue weighted by Gasteiger charge is 2.25. The van der Waals surface area contributed by atoms with Gasteiger partial charge in [0.2, 0.25) is 0 Å². The number of likely N-dealkylation sites (N-methyl/N-ethyl adjacent to an activating group) is 1. The Morgan fingerprint density at radius 1 is 0.508 bits per heavy atom. The standard InChI is InChI=1S/C51H93NO7/c1-6-8-10-12-14-16-18-20-22-24-26-27-29-31-33-35-37-39-41-49(53)58-46-47(45-57-44-43-48(51(55)56)52(3,4)5)59-50(54)42-40-38-36-34-32-30-28-25-23-21-19-17-15-13-11-9-7-2/h21-24,26-27,47-48H,6-20,25,28-46H2,1-5H3/b23-21+,24-22+,27-26+. The predicted octanol–water partition coefficient (Wildman–Crippen LogP) is 12.5. The van der Waals surface area contributed by atoms with E-state index in [1.807, 2.05) is 0 Å². The van der Waals surface area contributed by atoms with E-state index in [1.165, 1.54) is 128 Å². The molecule has 0 fully saturated rings. The SMILES string of the molecule is CCCCCCCC/C=C/CCCCCCCCCC(=O)OC(COCCC(C(=O)[O-])[N+](C)(C)C)COC(=O)CCCCCCC/C=C/C=C/CCCCCCCCC. The summed E-state index contributed by atoms with van der Waals surface area (Å²) in [5.41, 5.74) is 0. The molecule has 0 aliphatic carbocycles. The zero-order chi connectivity index (χ0) is 43.5. The highest BCUT2D eigenvalue weighted by molar-refractivity contribution is 5.70. The van der Waals surface area contributed by atoms with E-state index in [1.54, 1.807) is 21.1 Å². The molecule has 8 nitrogen and oxygen atoms in total. The number of rotatable bonds is 44. The smallest absolute Gasteiger partial charge is 0.306 e. The summed E-state index contributed by atoms with van der Waals surface area (Å²) in [5.74, 6) is -1.75. The maximum Gasteiger partial charge on any atom is 0.306 e. The fourth-order valence-corrected chi connectivity index (χ4v) is 7.17. The van der Waals surface area contributed by atoms with Gasteiger partial charge in [0.1, 0.15) is 12.6 Å². The summed E-state index contributed by atoms with van der Waals surface area (Å²) < 4.78 is 17.2. The lowest BCUT2D eigenvalue weighted by molar-refractivity contribution is -0.889. The maximum absolute atomic E-state index is 12.8. The molecule has 0 aromatic carbocycles. The molecule has 0 bridgehead atoms. The molecule has 59 heavy (non-hydrogen) atoms. The van der Waals surface area contributed by atoms with Crippen LogP contribution in [0.4, 0.5) is 0 Å². The highest BCUT2D eigenvalue weighted by atomic mass is 16.6. The monoisotopic (exact) mass is 832 g/mol. The van der Waals surface area contributed by atoms with Gasteiger partial charge in [-0.25, -0.2) is 0 Å². The van der Waals surface area contributed by atoms with E-state index in [0.29, 0.717) is 12.8 Å². The van der Waals surface area contributed by atoms with Crippen LogP contribution in [0.2, 0.25) is 0 Å². The number of carbonyl (C=O) groups is 3. The fourth-order valence-electron chi connectivity index (χ4n) is 7.17. The number of ether oxygens (including phenoxy) is 3. The molecule has 0 aromatic heterocycles. The van der Waals surface area contributed by atoms with Crippen LogP contribution in [-0.2, 0) is 28.6 Å².